The van der Waals surface area contributed by atoms with Crippen molar-refractivity contribution in [1.29, 1.82) is 0 Å². The molecule has 4 heterocycles. The number of aromatic nitrogens is 4. The molecule has 0 saturated carbocycles. The van der Waals surface area contributed by atoms with Crippen LogP contribution < -0.4 is 15.6 Å². The van der Waals surface area contributed by atoms with Gasteiger partial charge >= 0.3 is 0 Å². The number of anilines is 1. The van der Waals surface area contributed by atoms with E-state index in [0.717, 1.165) is 5.56 Å². The number of fused-ring (bicyclic) bond motifs is 1. The van der Waals surface area contributed by atoms with Crippen LogP contribution in [0.5, 0.6) is 5.75 Å². The minimum Gasteiger partial charge on any atom is -0.495 e. The Hall–Kier alpha value is -3.73. The number of imidazole rings is 1. The highest BCUT2D eigenvalue weighted by Crippen LogP contribution is 2.34. The van der Waals surface area contributed by atoms with Crippen LogP contribution in [0.15, 0.2) is 58.6 Å². The Morgan fingerprint density at radius 2 is 1.91 bits per heavy atom. The van der Waals surface area contributed by atoms with Crippen LogP contribution in [0.4, 0.5) is 10.2 Å². The lowest BCUT2D eigenvalue weighted by Crippen LogP contribution is -2.28. The van der Waals surface area contributed by atoms with Crippen molar-refractivity contribution in [2.75, 3.05) is 12.4 Å². The van der Waals surface area contributed by atoms with Crippen molar-refractivity contribution in [1.82, 2.24) is 18.9 Å². The topological polar surface area (TPSA) is 108 Å². The van der Waals surface area contributed by atoms with E-state index < -0.39 is 20.5 Å². The third-order valence-electron chi connectivity index (χ3n) is 5.62. The number of nitrogens with zero attached hydrogens (tertiary/aromatic N) is 4. The molecule has 11 heteroatoms. The lowest BCUT2D eigenvalue weighted by molar-refractivity contribution is 0.401. The van der Waals surface area contributed by atoms with Gasteiger partial charge in [0.05, 0.1) is 23.7 Å². The third kappa shape index (κ3) is 4.63. The highest BCUT2D eigenvalue weighted by molar-refractivity contribution is 7.92. The summed E-state index contributed by atoms with van der Waals surface area (Å²) in [6.45, 7) is 5.10. The molecule has 0 bridgehead atoms. The molecule has 4 aromatic rings. The number of pyridine rings is 3. The van der Waals surface area contributed by atoms with Gasteiger partial charge in [-0.05, 0) is 38.5 Å². The van der Waals surface area contributed by atoms with Crippen molar-refractivity contribution >= 4 is 21.3 Å². The average Bonchev–Trinajstić information content (AvgIpc) is 3.21. The molecule has 0 aliphatic carbocycles. The molecule has 0 aliphatic rings. The van der Waals surface area contributed by atoms with Gasteiger partial charge in [-0.25, -0.2) is 18.4 Å². The van der Waals surface area contributed by atoms with Crippen LogP contribution in [-0.4, -0.2) is 39.2 Å². The Morgan fingerprint density at radius 1 is 1.17 bits per heavy atom. The van der Waals surface area contributed by atoms with Crippen LogP contribution in [0.3, 0.4) is 0 Å². The smallest absolute Gasteiger partial charge is 0.250 e. The number of hydrogen-bond donors (Lipinski definition) is 1. The third-order valence-corrected chi connectivity index (χ3v) is 8.12. The summed E-state index contributed by atoms with van der Waals surface area (Å²) in [6.07, 6.45) is 4.63. The molecule has 1 N–H and O–H groups in total. The van der Waals surface area contributed by atoms with E-state index in [4.69, 9.17) is 4.74 Å². The van der Waals surface area contributed by atoms with Crippen molar-refractivity contribution in [3.63, 3.8) is 0 Å². The zero-order valence-electron chi connectivity index (χ0n) is 20.0. The number of halogens is 1. The van der Waals surface area contributed by atoms with Crippen molar-refractivity contribution < 1.29 is 17.5 Å². The largest absolute Gasteiger partial charge is 0.495 e. The summed E-state index contributed by atoms with van der Waals surface area (Å²) in [6, 6.07) is 7.69. The van der Waals surface area contributed by atoms with E-state index in [0.29, 0.717) is 16.9 Å². The van der Waals surface area contributed by atoms with Crippen LogP contribution in [0.25, 0.3) is 16.9 Å². The summed E-state index contributed by atoms with van der Waals surface area (Å²) in [7, 11) is -0.694. The summed E-state index contributed by atoms with van der Waals surface area (Å²) in [5, 5.41) is 3.03. The first-order valence-corrected chi connectivity index (χ1v) is 12.3. The van der Waals surface area contributed by atoms with E-state index in [1.807, 2.05) is 0 Å². The lowest BCUT2D eigenvalue weighted by Gasteiger charge is -2.21. The fraction of sp³-hybridized carbons (Fsp3) is 0.292. The van der Waals surface area contributed by atoms with E-state index in [1.165, 1.54) is 42.3 Å². The van der Waals surface area contributed by atoms with Gasteiger partial charge < -0.3 is 14.6 Å². The van der Waals surface area contributed by atoms with E-state index in [2.05, 4.69) is 15.3 Å². The van der Waals surface area contributed by atoms with Gasteiger partial charge in [0.15, 0.2) is 9.84 Å². The zero-order valence-corrected chi connectivity index (χ0v) is 20.9. The summed E-state index contributed by atoms with van der Waals surface area (Å²) in [5.41, 5.74) is 1.93. The predicted octanol–water partition coefficient (Wildman–Crippen LogP) is 3.43. The van der Waals surface area contributed by atoms with Gasteiger partial charge in [0, 0.05) is 49.7 Å². The maximum Gasteiger partial charge on any atom is 0.250 e. The van der Waals surface area contributed by atoms with Gasteiger partial charge in [0.25, 0.3) is 5.56 Å². The average molecular weight is 500 g/mol. The molecule has 0 aliphatic heterocycles. The van der Waals surface area contributed by atoms with Gasteiger partial charge in [0.2, 0.25) is 5.95 Å². The SMILES string of the molecule is COc1cc2ncc(-c3cc(F)nc(NCc4ccn(C)c(=O)c4)c3)n2cc1S(=O)(=O)C(C)(C)C. The molecule has 4 rings (SSSR count). The van der Waals surface area contributed by atoms with Gasteiger partial charge in [-0.2, -0.15) is 4.39 Å². The Balaban J connectivity index is 1.76. The molecule has 35 heavy (non-hydrogen) atoms. The quantitative estimate of drug-likeness (QED) is 0.405. The van der Waals surface area contributed by atoms with Crippen LogP contribution in [0, 0.1) is 5.95 Å². The van der Waals surface area contributed by atoms with Crippen molar-refractivity contribution in [3.8, 4) is 17.0 Å². The second kappa shape index (κ2) is 8.81. The molecule has 0 amide bonds. The van der Waals surface area contributed by atoms with E-state index >= 15 is 0 Å². The Kier molecular flexibility index (Phi) is 6.14. The molecule has 0 saturated heterocycles. The highest BCUT2D eigenvalue weighted by atomic mass is 32.2. The normalized spacial score (nSPS) is 12.2. The number of ether oxygens (including phenoxy) is 1. The van der Waals surface area contributed by atoms with Crippen molar-refractivity contribution in [2.45, 2.75) is 37.0 Å². The molecular weight excluding hydrogens is 473 g/mol. The Morgan fingerprint density at radius 3 is 2.57 bits per heavy atom. The maximum absolute atomic E-state index is 14.5. The van der Waals surface area contributed by atoms with Gasteiger partial charge in [0.1, 0.15) is 22.1 Å². The molecule has 0 unspecified atom stereocenters. The molecule has 0 aromatic carbocycles. The van der Waals surface area contributed by atoms with Crippen LogP contribution in [0.1, 0.15) is 26.3 Å². The molecule has 4 aromatic heterocycles. The van der Waals surface area contributed by atoms with E-state index in [-0.39, 0.29) is 28.6 Å². The summed E-state index contributed by atoms with van der Waals surface area (Å²) in [5.74, 6) is -0.284. The number of nitrogens with one attached hydrogen (secondary N) is 1. The number of rotatable bonds is 6. The van der Waals surface area contributed by atoms with Crippen molar-refractivity contribution in [3.05, 3.63) is 70.8 Å². The first-order valence-electron chi connectivity index (χ1n) is 10.8. The van der Waals surface area contributed by atoms with Crippen LogP contribution in [-0.2, 0) is 23.4 Å². The summed E-state index contributed by atoms with van der Waals surface area (Å²) >= 11 is 0. The Bertz CT molecular complexity index is 1590. The first kappa shape index (κ1) is 24.4. The molecule has 9 nitrogen and oxygen atoms in total. The fourth-order valence-electron chi connectivity index (χ4n) is 3.52. The summed E-state index contributed by atoms with van der Waals surface area (Å²) in [4.78, 5) is 20.1. The number of methoxy groups -OCH3 is 1. The summed E-state index contributed by atoms with van der Waals surface area (Å²) < 4.78 is 48.2. The Labute approximate surface area is 202 Å². The van der Waals surface area contributed by atoms with Crippen molar-refractivity contribution in [2.24, 2.45) is 7.05 Å². The number of sulfone groups is 1. The fourth-order valence-corrected chi connectivity index (χ4v) is 4.83. The maximum atomic E-state index is 14.5. The van der Waals surface area contributed by atoms with Gasteiger partial charge in [-0.1, -0.05) is 0 Å². The minimum atomic E-state index is -3.75. The molecule has 184 valence electrons. The van der Waals surface area contributed by atoms with Gasteiger partial charge in [-0.15, -0.1) is 0 Å². The molecular formula is C24H26FN5O4S. The van der Waals surface area contributed by atoms with E-state index in [1.54, 1.807) is 50.5 Å². The second-order valence-electron chi connectivity index (χ2n) is 9.09. The highest BCUT2D eigenvalue weighted by Gasteiger charge is 2.34. The van der Waals surface area contributed by atoms with Crippen LogP contribution in [0.2, 0.25) is 0 Å². The molecule has 0 atom stereocenters. The van der Waals surface area contributed by atoms with Crippen LogP contribution >= 0.6 is 0 Å². The van der Waals surface area contributed by atoms with Gasteiger partial charge in [-0.3, -0.25) is 9.20 Å². The number of aryl methyl sites for hydroxylation is 1. The molecule has 0 radical (unpaired) electrons. The zero-order chi connectivity index (χ0) is 25.5. The lowest BCUT2D eigenvalue weighted by atomic mass is 10.2. The number of hydrogen-bond acceptors (Lipinski definition) is 7. The standard InChI is InChI=1S/C24H26FN5O4S/c1-24(2,3)35(32,33)19-14-30-17(13-27-22(30)11-18(19)34-5)16-9-20(25)28-21(10-16)26-12-15-6-7-29(4)23(31)8-15/h6-11,13-14H,12H2,1-5H3,(H,26,28). The second-order valence-corrected chi connectivity index (χ2v) is 11.8. The van der Waals surface area contributed by atoms with E-state index in [9.17, 15) is 17.6 Å². The minimum absolute atomic E-state index is 0.0118. The monoisotopic (exact) mass is 499 g/mol. The first-order chi connectivity index (χ1) is 16.4. The molecule has 0 spiro atoms. The molecule has 0 fully saturated rings. The predicted molar refractivity (Wildman–Crippen MR) is 131 cm³/mol.